The molecular weight excluding hydrogens is 370 g/mol. The lowest BCUT2D eigenvalue weighted by Crippen LogP contribution is -2.30. The topological polar surface area (TPSA) is 82.0 Å². The van der Waals surface area contributed by atoms with Crippen LogP contribution in [-0.4, -0.2) is 34.7 Å². The van der Waals surface area contributed by atoms with Crippen LogP contribution in [0.1, 0.15) is 38.3 Å². The minimum absolute atomic E-state index is 0.0932. The van der Waals surface area contributed by atoms with Crippen molar-refractivity contribution >= 4 is 31.4 Å². The summed E-state index contributed by atoms with van der Waals surface area (Å²) in [4.78, 5) is 12.9. The van der Waals surface area contributed by atoms with Crippen LogP contribution in [0.2, 0.25) is 0 Å². The van der Waals surface area contributed by atoms with E-state index >= 15 is 0 Å². The first kappa shape index (κ1) is 18.9. The molecule has 0 aliphatic carbocycles. The molecule has 0 radical (unpaired) electrons. The molecule has 138 valence electrons. The summed E-state index contributed by atoms with van der Waals surface area (Å²) in [7, 11) is -3.70. The third kappa shape index (κ3) is 3.77. The Morgan fingerprint density at radius 3 is 2.35 bits per heavy atom. The minimum atomic E-state index is -3.70. The first-order chi connectivity index (χ1) is 12.3. The molecule has 0 N–H and O–H groups in total. The van der Waals surface area contributed by atoms with E-state index in [1.54, 1.807) is 25.4 Å². The Hall–Kier alpha value is -1.90. The molecule has 0 amide bonds. The van der Waals surface area contributed by atoms with E-state index in [1.807, 2.05) is 39.0 Å². The van der Waals surface area contributed by atoms with Gasteiger partial charge in [-0.15, -0.1) is 11.3 Å². The van der Waals surface area contributed by atoms with Crippen molar-refractivity contribution in [1.29, 1.82) is 0 Å². The zero-order valence-electron chi connectivity index (χ0n) is 15.1. The molecule has 0 spiro atoms. The number of nitrogens with zero attached hydrogens (tertiary/aromatic N) is 3. The molecule has 1 aromatic carbocycles. The van der Waals surface area contributed by atoms with Gasteiger partial charge in [0.1, 0.15) is 6.10 Å². The number of fused-ring (bicyclic) bond motifs is 1. The third-order valence-corrected chi connectivity index (χ3v) is 7.49. The van der Waals surface area contributed by atoms with Gasteiger partial charge in [0.2, 0.25) is 14.2 Å². The van der Waals surface area contributed by atoms with Crippen molar-refractivity contribution in [3.05, 3.63) is 48.0 Å². The molecule has 0 saturated heterocycles. The lowest BCUT2D eigenvalue weighted by Gasteiger charge is -2.24. The summed E-state index contributed by atoms with van der Waals surface area (Å²) in [6, 6.07) is 7.38. The Morgan fingerprint density at radius 1 is 1.08 bits per heavy atom. The number of hydrogen-bond donors (Lipinski definition) is 0. The molecule has 3 rings (SSSR count). The fourth-order valence-electron chi connectivity index (χ4n) is 2.52. The highest BCUT2D eigenvalue weighted by molar-refractivity contribution is 7.94. The third-order valence-electron chi connectivity index (χ3n) is 3.91. The molecule has 0 aliphatic heterocycles. The Kier molecular flexibility index (Phi) is 5.36. The molecule has 26 heavy (non-hydrogen) atoms. The second-order valence-electron chi connectivity index (χ2n) is 6.42. The standard InChI is InChI=1S/C18H21N3O3S2/c1-11(2)24-16(17-19-9-12(3)10-20-17)13(4)26(22,23)18-21-14-7-5-6-8-15(14)25-18/h5-11,13,16H,1-4H3/t13-,16+/m0/s1. The van der Waals surface area contributed by atoms with Crippen LogP contribution in [0.3, 0.4) is 0 Å². The van der Waals surface area contributed by atoms with E-state index in [4.69, 9.17) is 4.74 Å². The van der Waals surface area contributed by atoms with Gasteiger partial charge in [0, 0.05) is 12.4 Å². The molecule has 0 saturated carbocycles. The molecule has 6 nitrogen and oxygen atoms in total. The summed E-state index contributed by atoms with van der Waals surface area (Å²) in [5.74, 6) is 0.362. The Labute approximate surface area is 157 Å². The lowest BCUT2D eigenvalue weighted by atomic mass is 10.2. The molecule has 0 unspecified atom stereocenters. The van der Waals surface area contributed by atoms with Crippen LogP contribution in [0.4, 0.5) is 0 Å². The van der Waals surface area contributed by atoms with Gasteiger partial charge in [-0.05, 0) is 45.4 Å². The van der Waals surface area contributed by atoms with E-state index < -0.39 is 21.2 Å². The predicted octanol–water partition coefficient (Wildman–Crippen LogP) is 3.72. The Morgan fingerprint density at radius 2 is 1.73 bits per heavy atom. The fraction of sp³-hybridized carbons (Fsp3) is 0.389. The molecule has 0 aliphatic rings. The van der Waals surface area contributed by atoms with Crippen LogP contribution < -0.4 is 0 Å². The normalized spacial score (nSPS) is 14.7. The molecule has 3 aromatic rings. The van der Waals surface area contributed by atoms with Gasteiger partial charge in [0.05, 0.1) is 21.6 Å². The quantitative estimate of drug-likeness (QED) is 0.637. The van der Waals surface area contributed by atoms with Gasteiger partial charge in [-0.1, -0.05) is 12.1 Å². The molecule has 0 fully saturated rings. The molecule has 2 heterocycles. The predicted molar refractivity (Wildman–Crippen MR) is 102 cm³/mol. The van der Waals surface area contributed by atoms with E-state index in [2.05, 4.69) is 15.0 Å². The number of hydrogen-bond acceptors (Lipinski definition) is 7. The van der Waals surface area contributed by atoms with Crippen molar-refractivity contribution in [1.82, 2.24) is 15.0 Å². The average molecular weight is 392 g/mol. The molecule has 2 aromatic heterocycles. The summed E-state index contributed by atoms with van der Waals surface area (Å²) in [6.07, 6.45) is 2.39. The zero-order valence-corrected chi connectivity index (χ0v) is 16.7. The van der Waals surface area contributed by atoms with Crippen LogP contribution in [-0.2, 0) is 14.6 Å². The van der Waals surface area contributed by atoms with Gasteiger partial charge >= 0.3 is 0 Å². The maximum Gasteiger partial charge on any atom is 0.210 e. The van der Waals surface area contributed by atoms with E-state index in [0.717, 1.165) is 10.3 Å². The van der Waals surface area contributed by atoms with Gasteiger partial charge < -0.3 is 4.74 Å². The summed E-state index contributed by atoms with van der Waals surface area (Å²) in [6.45, 7) is 7.22. The van der Waals surface area contributed by atoms with E-state index in [1.165, 1.54) is 11.3 Å². The van der Waals surface area contributed by atoms with Crippen molar-refractivity contribution in [2.45, 2.75) is 49.5 Å². The summed E-state index contributed by atoms with van der Waals surface area (Å²) < 4.78 is 33.2. The van der Waals surface area contributed by atoms with Gasteiger partial charge in [-0.25, -0.2) is 23.4 Å². The van der Waals surface area contributed by atoms with E-state index in [-0.39, 0.29) is 10.4 Å². The number of aromatic nitrogens is 3. The molecular formula is C18H21N3O3S2. The average Bonchev–Trinajstić information content (AvgIpc) is 3.05. The van der Waals surface area contributed by atoms with E-state index in [9.17, 15) is 8.42 Å². The fourth-order valence-corrected chi connectivity index (χ4v) is 5.46. The number of rotatable bonds is 6. The van der Waals surface area contributed by atoms with Crippen molar-refractivity contribution in [3.8, 4) is 0 Å². The van der Waals surface area contributed by atoms with Crippen molar-refractivity contribution in [3.63, 3.8) is 0 Å². The maximum absolute atomic E-state index is 13.2. The molecule has 0 bridgehead atoms. The Balaban J connectivity index is 2.01. The number of ether oxygens (including phenoxy) is 1. The highest BCUT2D eigenvalue weighted by Crippen LogP contribution is 2.33. The van der Waals surface area contributed by atoms with Crippen molar-refractivity contribution in [2.75, 3.05) is 0 Å². The lowest BCUT2D eigenvalue weighted by molar-refractivity contribution is 0.00143. The maximum atomic E-state index is 13.2. The van der Waals surface area contributed by atoms with E-state index in [0.29, 0.717) is 11.3 Å². The zero-order chi connectivity index (χ0) is 18.9. The number of benzene rings is 1. The van der Waals surface area contributed by atoms with Crippen LogP contribution in [0.15, 0.2) is 41.0 Å². The van der Waals surface area contributed by atoms with Gasteiger partial charge in [0.25, 0.3) is 0 Å². The second-order valence-corrected chi connectivity index (χ2v) is 9.93. The van der Waals surface area contributed by atoms with Crippen LogP contribution in [0.5, 0.6) is 0 Å². The van der Waals surface area contributed by atoms with Gasteiger partial charge in [-0.3, -0.25) is 0 Å². The highest BCUT2D eigenvalue weighted by Gasteiger charge is 2.37. The summed E-state index contributed by atoms with van der Waals surface area (Å²) in [5.41, 5.74) is 1.58. The van der Waals surface area contributed by atoms with Gasteiger partial charge in [0.15, 0.2) is 5.82 Å². The van der Waals surface area contributed by atoms with Crippen molar-refractivity contribution in [2.24, 2.45) is 0 Å². The monoisotopic (exact) mass is 391 g/mol. The number of sulfone groups is 1. The summed E-state index contributed by atoms with van der Waals surface area (Å²) >= 11 is 1.17. The van der Waals surface area contributed by atoms with Gasteiger partial charge in [-0.2, -0.15) is 0 Å². The smallest absolute Gasteiger partial charge is 0.210 e. The minimum Gasteiger partial charge on any atom is -0.366 e. The first-order valence-electron chi connectivity index (χ1n) is 8.32. The molecule has 2 atom stereocenters. The number of thiazole rings is 1. The number of para-hydroxylation sites is 1. The molecule has 8 heteroatoms. The van der Waals surface area contributed by atoms with Crippen LogP contribution in [0, 0.1) is 6.92 Å². The summed E-state index contributed by atoms with van der Waals surface area (Å²) in [5, 5.41) is -0.867. The Bertz CT molecular complexity index is 965. The largest absolute Gasteiger partial charge is 0.366 e. The van der Waals surface area contributed by atoms with Crippen LogP contribution in [0.25, 0.3) is 10.2 Å². The highest BCUT2D eigenvalue weighted by atomic mass is 32.2. The second kappa shape index (κ2) is 7.38. The van der Waals surface area contributed by atoms with Crippen molar-refractivity contribution < 1.29 is 13.2 Å². The van der Waals surface area contributed by atoms with Crippen LogP contribution >= 0.6 is 11.3 Å². The SMILES string of the molecule is Cc1cnc([C@H](OC(C)C)[C@H](C)S(=O)(=O)c2nc3ccccc3s2)nc1. The first-order valence-corrected chi connectivity index (χ1v) is 10.7. The number of aryl methyl sites for hydroxylation is 1.